The van der Waals surface area contributed by atoms with E-state index < -0.39 is 0 Å². The van der Waals surface area contributed by atoms with E-state index in [0.29, 0.717) is 6.42 Å². The molecule has 0 saturated carbocycles. The molecule has 0 radical (unpaired) electrons. The quantitative estimate of drug-likeness (QED) is 0.456. The normalized spacial score (nSPS) is 17.7. The summed E-state index contributed by atoms with van der Waals surface area (Å²) in [6.07, 6.45) is 12.1. The molecule has 5 rings (SSSR count). The summed E-state index contributed by atoms with van der Waals surface area (Å²) in [6.45, 7) is 1.98. The summed E-state index contributed by atoms with van der Waals surface area (Å²) >= 11 is 0. The van der Waals surface area contributed by atoms with Crippen molar-refractivity contribution in [3.8, 4) is 0 Å². The Labute approximate surface area is 206 Å². The van der Waals surface area contributed by atoms with Crippen molar-refractivity contribution in [2.24, 2.45) is 0 Å². The highest BCUT2D eigenvalue weighted by molar-refractivity contribution is 5.94. The summed E-state index contributed by atoms with van der Waals surface area (Å²) in [4.78, 5) is 17.9. The van der Waals surface area contributed by atoms with E-state index >= 15 is 0 Å². The highest BCUT2D eigenvalue weighted by Crippen LogP contribution is 2.32. The summed E-state index contributed by atoms with van der Waals surface area (Å²) in [5.41, 5.74) is 7.61. The highest BCUT2D eigenvalue weighted by atomic mass is 16.5. The Morgan fingerprint density at radius 2 is 1.91 bits per heavy atom. The lowest BCUT2D eigenvalue weighted by atomic mass is 9.95. The Kier molecular flexibility index (Phi) is 6.66. The molecule has 35 heavy (non-hydrogen) atoms. The molecular weight excluding hydrogens is 434 g/mol. The number of allylic oxidation sites excluding steroid dienone is 4. The van der Waals surface area contributed by atoms with Gasteiger partial charge >= 0.3 is 0 Å². The van der Waals surface area contributed by atoms with Crippen molar-refractivity contribution in [2.75, 3.05) is 7.11 Å². The van der Waals surface area contributed by atoms with Crippen molar-refractivity contribution in [1.29, 1.82) is 0 Å². The molecular formula is C30H31N3O2. The third-order valence-electron chi connectivity index (χ3n) is 6.82. The summed E-state index contributed by atoms with van der Waals surface area (Å²) in [6, 6.07) is 18.6. The number of aryl methyl sites for hydroxylation is 2. The van der Waals surface area contributed by atoms with Crippen LogP contribution in [0.25, 0.3) is 5.70 Å². The largest absolute Gasteiger partial charge is 0.495 e. The number of nitrogens with one attached hydrogen (secondary N) is 1. The second-order valence-corrected chi connectivity index (χ2v) is 9.25. The molecule has 2 aliphatic carbocycles. The van der Waals surface area contributed by atoms with Gasteiger partial charge in [-0.25, -0.2) is 4.98 Å². The van der Waals surface area contributed by atoms with Crippen molar-refractivity contribution in [3.63, 3.8) is 0 Å². The van der Waals surface area contributed by atoms with Crippen LogP contribution in [0.5, 0.6) is 0 Å². The van der Waals surface area contributed by atoms with Gasteiger partial charge in [-0.3, -0.25) is 4.79 Å². The number of fused-ring (bicyclic) bond motifs is 1. The van der Waals surface area contributed by atoms with Crippen LogP contribution in [0.1, 0.15) is 47.7 Å². The number of imidazole rings is 1. The summed E-state index contributed by atoms with van der Waals surface area (Å²) in [5, 5.41) is 3.32. The predicted octanol–water partition coefficient (Wildman–Crippen LogP) is 5.70. The molecule has 0 bridgehead atoms. The summed E-state index contributed by atoms with van der Waals surface area (Å²) in [7, 11) is 1.69. The number of hydrogen-bond donors (Lipinski definition) is 1. The molecule has 1 N–H and O–H groups in total. The zero-order valence-corrected chi connectivity index (χ0v) is 20.3. The van der Waals surface area contributed by atoms with E-state index in [2.05, 4.69) is 58.9 Å². The van der Waals surface area contributed by atoms with E-state index in [-0.39, 0.29) is 11.9 Å². The van der Waals surface area contributed by atoms with Crippen molar-refractivity contribution in [3.05, 3.63) is 119 Å². The molecule has 0 aliphatic heterocycles. The molecule has 1 atom stereocenters. The van der Waals surface area contributed by atoms with Crippen molar-refractivity contribution in [1.82, 2.24) is 14.9 Å². The molecule has 1 heterocycles. The first kappa shape index (κ1) is 22.9. The number of rotatable bonds is 7. The maximum absolute atomic E-state index is 13.6. The van der Waals surface area contributed by atoms with Crippen molar-refractivity contribution >= 4 is 11.6 Å². The monoisotopic (exact) mass is 465 g/mol. The van der Waals surface area contributed by atoms with Crippen molar-refractivity contribution in [2.45, 2.75) is 45.1 Å². The second kappa shape index (κ2) is 10.2. The Hall–Kier alpha value is -3.86. The van der Waals surface area contributed by atoms with Gasteiger partial charge in [0.1, 0.15) is 5.76 Å². The number of ether oxygens (including phenoxy) is 1. The molecule has 5 heteroatoms. The third-order valence-corrected chi connectivity index (χ3v) is 6.82. The number of aromatic nitrogens is 2. The first-order valence-corrected chi connectivity index (χ1v) is 12.2. The zero-order valence-electron chi connectivity index (χ0n) is 20.3. The van der Waals surface area contributed by atoms with Crippen LogP contribution in [-0.2, 0) is 22.4 Å². The van der Waals surface area contributed by atoms with E-state index in [1.807, 2.05) is 42.2 Å². The van der Waals surface area contributed by atoms with Crippen LogP contribution in [0.15, 0.2) is 96.2 Å². The minimum atomic E-state index is -0.00423. The third kappa shape index (κ3) is 5.14. The molecule has 178 valence electrons. The fourth-order valence-corrected chi connectivity index (χ4v) is 5.02. The number of methoxy groups -OCH3 is 1. The van der Waals surface area contributed by atoms with E-state index in [1.54, 1.807) is 7.11 Å². The van der Waals surface area contributed by atoms with Crippen LogP contribution in [0, 0.1) is 6.92 Å². The lowest BCUT2D eigenvalue weighted by Gasteiger charge is -2.20. The van der Waals surface area contributed by atoms with E-state index in [9.17, 15) is 4.79 Å². The fraction of sp³-hybridized carbons (Fsp3) is 0.267. The van der Waals surface area contributed by atoms with Crippen LogP contribution >= 0.6 is 0 Å². The molecule has 5 nitrogen and oxygen atoms in total. The van der Waals surface area contributed by atoms with Gasteiger partial charge in [-0.05, 0) is 67.0 Å². The number of benzene rings is 2. The minimum Gasteiger partial charge on any atom is -0.495 e. The average molecular weight is 466 g/mol. The Balaban J connectivity index is 1.44. The van der Waals surface area contributed by atoms with Gasteiger partial charge in [0.15, 0.2) is 0 Å². The smallest absolute Gasteiger partial charge is 0.248 e. The molecule has 2 aromatic carbocycles. The minimum absolute atomic E-state index is 0.00423. The van der Waals surface area contributed by atoms with Gasteiger partial charge in [-0.2, -0.15) is 0 Å². The molecule has 1 aromatic heterocycles. The van der Waals surface area contributed by atoms with Gasteiger partial charge in [0.25, 0.3) is 0 Å². The van der Waals surface area contributed by atoms with Crippen LogP contribution in [0.4, 0.5) is 0 Å². The van der Waals surface area contributed by atoms with Crippen LogP contribution < -0.4 is 5.32 Å². The first-order chi connectivity index (χ1) is 17.1. The average Bonchev–Trinajstić information content (AvgIpc) is 3.50. The van der Waals surface area contributed by atoms with Gasteiger partial charge in [0.05, 0.1) is 30.9 Å². The number of hydrogen-bond acceptors (Lipinski definition) is 3. The maximum Gasteiger partial charge on any atom is 0.248 e. The van der Waals surface area contributed by atoms with Crippen LogP contribution in [-0.4, -0.2) is 22.6 Å². The molecule has 1 amide bonds. The van der Waals surface area contributed by atoms with Crippen molar-refractivity contribution < 1.29 is 9.53 Å². The van der Waals surface area contributed by atoms with Gasteiger partial charge < -0.3 is 14.6 Å². The Morgan fingerprint density at radius 3 is 2.69 bits per heavy atom. The topological polar surface area (TPSA) is 56.2 Å². The Morgan fingerprint density at radius 1 is 1.11 bits per heavy atom. The van der Waals surface area contributed by atoms with E-state index in [4.69, 9.17) is 4.74 Å². The molecule has 1 unspecified atom stereocenters. The molecule has 3 aromatic rings. The summed E-state index contributed by atoms with van der Waals surface area (Å²) in [5.74, 6) is 0.805. The molecule has 0 fully saturated rings. The second-order valence-electron chi connectivity index (χ2n) is 9.25. The van der Waals surface area contributed by atoms with Gasteiger partial charge in [-0.1, -0.05) is 54.6 Å². The zero-order chi connectivity index (χ0) is 24.2. The Bertz CT molecular complexity index is 1310. The fourth-order valence-electron chi connectivity index (χ4n) is 5.02. The lowest BCUT2D eigenvalue weighted by molar-refractivity contribution is -0.118. The van der Waals surface area contributed by atoms with Gasteiger partial charge in [-0.15, -0.1) is 0 Å². The first-order valence-electron chi connectivity index (χ1n) is 12.2. The SMILES string of the molecule is COC1=C(n2cnc(C)c2)CCC(/C=C(\Cc2ccccc2)C(=O)NC2CCc3ccccc32)=C1. The van der Waals surface area contributed by atoms with E-state index in [0.717, 1.165) is 59.5 Å². The highest BCUT2D eigenvalue weighted by Gasteiger charge is 2.25. The van der Waals surface area contributed by atoms with Crippen LogP contribution in [0.2, 0.25) is 0 Å². The number of nitrogens with zero attached hydrogens (tertiary/aromatic N) is 2. The molecule has 0 saturated heterocycles. The van der Waals surface area contributed by atoms with Gasteiger partial charge in [0, 0.05) is 18.2 Å². The predicted molar refractivity (Wildman–Crippen MR) is 138 cm³/mol. The summed E-state index contributed by atoms with van der Waals surface area (Å²) < 4.78 is 7.76. The lowest BCUT2D eigenvalue weighted by Crippen LogP contribution is -2.29. The number of carbonyl (C=O) groups excluding carboxylic acids is 1. The number of amides is 1. The van der Waals surface area contributed by atoms with Crippen LogP contribution in [0.3, 0.4) is 0 Å². The van der Waals surface area contributed by atoms with Gasteiger partial charge in [0.2, 0.25) is 5.91 Å². The molecule has 0 spiro atoms. The maximum atomic E-state index is 13.6. The number of carbonyl (C=O) groups is 1. The molecule has 2 aliphatic rings. The van der Waals surface area contributed by atoms with E-state index in [1.165, 1.54) is 11.1 Å². The standard InChI is InChI=1S/C30H31N3O2/c1-21-19-33(20-31-21)28-15-12-23(18-29(28)35-2)17-25(16-22-8-4-3-5-9-22)30(34)32-27-14-13-24-10-6-7-11-26(24)27/h3-11,17-20,27H,12-16H2,1-2H3,(H,32,34)/b25-17+.